The summed E-state index contributed by atoms with van der Waals surface area (Å²) in [5.74, 6) is -4.82. The van der Waals surface area contributed by atoms with Crippen LogP contribution in [0.2, 0.25) is 0 Å². The molecule has 5 heteroatoms. The van der Waals surface area contributed by atoms with Crippen molar-refractivity contribution in [1.29, 1.82) is 0 Å². The normalized spacial score (nSPS) is 10.3. The van der Waals surface area contributed by atoms with E-state index in [0.29, 0.717) is 6.07 Å². The van der Waals surface area contributed by atoms with Crippen LogP contribution in [-0.4, -0.2) is 11.1 Å². The SMILES string of the molecule is Cc1c(F)c(F)cc(CC(=O)O)c1F. The first-order valence-corrected chi connectivity index (χ1v) is 3.78. The largest absolute Gasteiger partial charge is 0.481 e. The van der Waals surface area contributed by atoms with Crippen LogP contribution in [0.4, 0.5) is 13.2 Å². The summed E-state index contributed by atoms with van der Waals surface area (Å²) < 4.78 is 38.6. The van der Waals surface area contributed by atoms with Crippen LogP contribution in [0.15, 0.2) is 6.07 Å². The lowest BCUT2D eigenvalue weighted by Gasteiger charge is -2.05. The van der Waals surface area contributed by atoms with Gasteiger partial charge < -0.3 is 5.11 Å². The second kappa shape index (κ2) is 3.69. The van der Waals surface area contributed by atoms with Gasteiger partial charge in [-0.1, -0.05) is 0 Å². The molecule has 0 bridgehead atoms. The lowest BCUT2D eigenvalue weighted by Crippen LogP contribution is -2.06. The first kappa shape index (κ1) is 10.6. The lowest BCUT2D eigenvalue weighted by molar-refractivity contribution is -0.136. The first-order valence-electron chi connectivity index (χ1n) is 3.78. The fourth-order valence-corrected chi connectivity index (χ4v) is 1.09. The molecule has 0 saturated carbocycles. The highest BCUT2D eigenvalue weighted by Gasteiger charge is 2.16. The van der Waals surface area contributed by atoms with Crippen LogP contribution in [0, 0.1) is 24.4 Å². The van der Waals surface area contributed by atoms with Crippen molar-refractivity contribution >= 4 is 5.97 Å². The van der Waals surface area contributed by atoms with Crippen molar-refractivity contribution in [3.63, 3.8) is 0 Å². The Morgan fingerprint density at radius 1 is 1.36 bits per heavy atom. The standard InChI is InChI=1S/C9H7F3O2/c1-4-8(11)5(3-7(13)14)2-6(10)9(4)12/h2H,3H2,1H3,(H,13,14). The summed E-state index contributed by atoms with van der Waals surface area (Å²) in [6, 6.07) is 0.561. The van der Waals surface area contributed by atoms with Crippen LogP contribution >= 0.6 is 0 Å². The molecule has 1 N–H and O–H groups in total. The lowest BCUT2D eigenvalue weighted by atomic mass is 10.1. The average molecular weight is 204 g/mol. The molecule has 0 aliphatic heterocycles. The molecule has 0 aliphatic carbocycles. The van der Waals surface area contributed by atoms with Crippen molar-refractivity contribution < 1.29 is 23.1 Å². The van der Waals surface area contributed by atoms with Gasteiger partial charge in [0.05, 0.1) is 6.42 Å². The number of aliphatic carboxylic acids is 1. The number of hydrogen-bond acceptors (Lipinski definition) is 1. The van der Waals surface area contributed by atoms with E-state index < -0.39 is 35.4 Å². The molecule has 0 saturated heterocycles. The minimum Gasteiger partial charge on any atom is -0.481 e. The van der Waals surface area contributed by atoms with Crippen molar-refractivity contribution in [2.75, 3.05) is 0 Å². The summed E-state index contributed by atoms with van der Waals surface area (Å²) in [6.07, 6.45) is -0.663. The Labute approximate surface area is 78.0 Å². The summed E-state index contributed by atoms with van der Waals surface area (Å²) in [6.45, 7) is 1.05. The molecule has 1 rings (SSSR count). The van der Waals surface area contributed by atoms with Crippen LogP contribution in [0.3, 0.4) is 0 Å². The van der Waals surface area contributed by atoms with E-state index in [1.807, 2.05) is 0 Å². The zero-order valence-electron chi connectivity index (χ0n) is 7.27. The van der Waals surface area contributed by atoms with Crippen molar-refractivity contribution in [2.45, 2.75) is 13.3 Å². The van der Waals surface area contributed by atoms with E-state index in [9.17, 15) is 18.0 Å². The Kier molecular flexibility index (Phi) is 2.78. The first-order chi connectivity index (χ1) is 6.43. The molecule has 2 nitrogen and oxygen atoms in total. The predicted octanol–water partition coefficient (Wildman–Crippen LogP) is 2.04. The maximum Gasteiger partial charge on any atom is 0.307 e. The van der Waals surface area contributed by atoms with E-state index in [1.165, 1.54) is 0 Å². The molecule has 1 aromatic rings. The Balaban J connectivity index is 3.25. The van der Waals surface area contributed by atoms with Crippen LogP contribution in [0.25, 0.3) is 0 Å². The minimum atomic E-state index is -1.30. The number of hydrogen-bond donors (Lipinski definition) is 1. The third kappa shape index (κ3) is 1.86. The number of rotatable bonds is 2. The molecule has 0 atom stereocenters. The van der Waals surface area contributed by atoms with E-state index >= 15 is 0 Å². The number of benzene rings is 1. The molecule has 0 aliphatic rings. The van der Waals surface area contributed by atoms with Crippen molar-refractivity contribution in [3.05, 3.63) is 34.6 Å². The van der Waals surface area contributed by atoms with E-state index in [4.69, 9.17) is 5.11 Å². The third-order valence-corrected chi connectivity index (χ3v) is 1.79. The summed E-state index contributed by atoms with van der Waals surface area (Å²) in [5.41, 5.74) is -0.852. The molecule has 76 valence electrons. The van der Waals surface area contributed by atoms with Gasteiger partial charge in [-0.3, -0.25) is 4.79 Å². The third-order valence-electron chi connectivity index (χ3n) is 1.79. The number of carbonyl (C=O) groups is 1. The molecule has 0 aromatic heterocycles. The maximum atomic E-state index is 13.1. The highest BCUT2D eigenvalue weighted by atomic mass is 19.2. The monoisotopic (exact) mass is 204 g/mol. The van der Waals surface area contributed by atoms with Gasteiger partial charge in [-0.05, 0) is 13.0 Å². The van der Waals surface area contributed by atoms with Gasteiger partial charge in [0.25, 0.3) is 0 Å². The Morgan fingerprint density at radius 3 is 2.43 bits per heavy atom. The molecule has 0 unspecified atom stereocenters. The summed E-state index contributed by atoms with van der Waals surface area (Å²) in [4.78, 5) is 10.2. The smallest absolute Gasteiger partial charge is 0.307 e. The zero-order valence-corrected chi connectivity index (χ0v) is 7.27. The van der Waals surface area contributed by atoms with Gasteiger partial charge in [-0.2, -0.15) is 0 Å². The van der Waals surface area contributed by atoms with Crippen LogP contribution in [0.1, 0.15) is 11.1 Å². The van der Waals surface area contributed by atoms with E-state index in [0.717, 1.165) is 6.92 Å². The Bertz CT molecular complexity index is 388. The summed E-state index contributed by atoms with van der Waals surface area (Å²) in [5, 5.41) is 8.36. The molecule has 1 aromatic carbocycles. The topological polar surface area (TPSA) is 37.3 Å². The number of carboxylic acid groups (broad SMARTS) is 1. The highest BCUT2D eigenvalue weighted by molar-refractivity contribution is 5.70. The average Bonchev–Trinajstić information content (AvgIpc) is 2.10. The minimum absolute atomic E-state index is 0.353. The molecular formula is C9H7F3O2. The second-order valence-electron chi connectivity index (χ2n) is 2.84. The number of halogens is 3. The van der Waals surface area contributed by atoms with Gasteiger partial charge in [-0.15, -0.1) is 0 Å². The zero-order chi connectivity index (χ0) is 10.9. The van der Waals surface area contributed by atoms with Crippen LogP contribution in [0.5, 0.6) is 0 Å². The summed E-state index contributed by atoms with van der Waals surface area (Å²) in [7, 11) is 0. The molecule has 0 spiro atoms. The number of carboxylic acids is 1. The van der Waals surface area contributed by atoms with E-state index in [-0.39, 0.29) is 5.56 Å². The second-order valence-corrected chi connectivity index (χ2v) is 2.84. The van der Waals surface area contributed by atoms with Gasteiger partial charge in [-0.25, -0.2) is 13.2 Å². The maximum absolute atomic E-state index is 13.1. The van der Waals surface area contributed by atoms with E-state index in [1.54, 1.807) is 0 Å². The quantitative estimate of drug-likeness (QED) is 0.748. The van der Waals surface area contributed by atoms with Crippen molar-refractivity contribution in [1.82, 2.24) is 0 Å². The van der Waals surface area contributed by atoms with Gasteiger partial charge in [0, 0.05) is 11.1 Å². The van der Waals surface area contributed by atoms with Crippen molar-refractivity contribution in [2.24, 2.45) is 0 Å². The fourth-order valence-electron chi connectivity index (χ4n) is 1.09. The Hall–Kier alpha value is -1.52. The van der Waals surface area contributed by atoms with Crippen LogP contribution in [-0.2, 0) is 11.2 Å². The van der Waals surface area contributed by atoms with E-state index in [2.05, 4.69) is 0 Å². The van der Waals surface area contributed by atoms with Gasteiger partial charge in [0.2, 0.25) is 0 Å². The Morgan fingerprint density at radius 2 is 1.93 bits per heavy atom. The molecule has 0 fully saturated rings. The molecule has 14 heavy (non-hydrogen) atoms. The summed E-state index contributed by atoms with van der Waals surface area (Å²) >= 11 is 0. The van der Waals surface area contributed by atoms with Crippen LogP contribution < -0.4 is 0 Å². The van der Waals surface area contributed by atoms with Crippen molar-refractivity contribution in [3.8, 4) is 0 Å². The molecule has 0 heterocycles. The van der Waals surface area contributed by atoms with Gasteiger partial charge in [0.1, 0.15) is 5.82 Å². The molecular weight excluding hydrogens is 197 g/mol. The highest BCUT2D eigenvalue weighted by Crippen LogP contribution is 2.19. The molecule has 0 radical (unpaired) electrons. The predicted molar refractivity (Wildman–Crippen MR) is 42.4 cm³/mol. The molecule has 0 amide bonds. The van der Waals surface area contributed by atoms with Gasteiger partial charge >= 0.3 is 5.97 Å². The van der Waals surface area contributed by atoms with Gasteiger partial charge in [0.15, 0.2) is 11.6 Å². The fraction of sp³-hybridized carbons (Fsp3) is 0.222.